The van der Waals surface area contributed by atoms with E-state index in [9.17, 15) is 9.59 Å². The van der Waals surface area contributed by atoms with Crippen LogP contribution < -0.4 is 10.6 Å². The van der Waals surface area contributed by atoms with Crippen LogP contribution in [0.4, 0.5) is 14.5 Å². The summed E-state index contributed by atoms with van der Waals surface area (Å²) in [7, 11) is 1.33. The number of amides is 1. The molecule has 3 aromatic carbocycles. The summed E-state index contributed by atoms with van der Waals surface area (Å²) >= 11 is 12.3. The third-order valence-corrected chi connectivity index (χ3v) is 8.45. The van der Waals surface area contributed by atoms with Crippen molar-refractivity contribution in [1.82, 2.24) is 5.32 Å². The largest absolute Gasteiger partial charge is 0.469 e. The Labute approximate surface area is 260 Å². The fraction of sp³-hybridized carbons (Fsp3) is 0.364. The SMILES string of the molecule is COC(=O)CCc1ccc(NC(=O)[C@@H]2N[C@@H](CC(C)(C)C)[C@](C=N)(c3ccc(Cl)cc3F)[C@H]2c2cccc(Cl)c2F)cc1. The van der Waals surface area contributed by atoms with Crippen molar-refractivity contribution in [3.8, 4) is 0 Å². The van der Waals surface area contributed by atoms with Crippen molar-refractivity contribution in [2.45, 2.75) is 63.5 Å². The van der Waals surface area contributed by atoms with E-state index in [0.29, 0.717) is 18.5 Å². The van der Waals surface area contributed by atoms with Crippen LogP contribution in [0.5, 0.6) is 0 Å². The minimum Gasteiger partial charge on any atom is -0.469 e. The number of carbonyl (C=O) groups is 2. The van der Waals surface area contributed by atoms with Crippen LogP contribution in [0.15, 0.2) is 60.7 Å². The maximum atomic E-state index is 15.8. The summed E-state index contributed by atoms with van der Waals surface area (Å²) in [4.78, 5) is 25.5. The molecule has 1 heterocycles. The molecule has 0 unspecified atom stereocenters. The number of nitrogens with one attached hydrogen (secondary N) is 3. The van der Waals surface area contributed by atoms with Gasteiger partial charge >= 0.3 is 5.97 Å². The first-order chi connectivity index (χ1) is 20.3. The van der Waals surface area contributed by atoms with E-state index >= 15 is 8.78 Å². The number of carbonyl (C=O) groups excluding carboxylic acids is 2. The van der Waals surface area contributed by atoms with Gasteiger partial charge in [0.15, 0.2) is 0 Å². The predicted octanol–water partition coefficient (Wildman–Crippen LogP) is 7.46. The summed E-state index contributed by atoms with van der Waals surface area (Å²) in [5.41, 5.74) is -0.204. The summed E-state index contributed by atoms with van der Waals surface area (Å²) in [6, 6.07) is 14.0. The fourth-order valence-electron chi connectivity index (χ4n) is 6.00. The zero-order valence-corrected chi connectivity index (χ0v) is 26.0. The Morgan fingerprint density at radius 3 is 2.40 bits per heavy atom. The Bertz CT molecular complexity index is 1510. The van der Waals surface area contributed by atoms with Crippen molar-refractivity contribution in [3.05, 3.63) is 99.0 Å². The average molecular weight is 631 g/mol. The Morgan fingerprint density at radius 1 is 1.09 bits per heavy atom. The van der Waals surface area contributed by atoms with Gasteiger partial charge in [0.2, 0.25) is 5.91 Å². The van der Waals surface area contributed by atoms with E-state index in [2.05, 4.69) is 10.6 Å². The molecule has 228 valence electrons. The second-order valence-electron chi connectivity index (χ2n) is 12.0. The molecule has 0 saturated carbocycles. The van der Waals surface area contributed by atoms with Gasteiger partial charge in [0.1, 0.15) is 11.6 Å². The molecular formula is C33H35Cl2F2N3O3. The highest BCUT2D eigenvalue weighted by molar-refractivity contribution is 6.31. The lowest BCUT2D eigenvalue weighted by Gasteiger charge is -2.40. The molecule has 3 N–H and O–H groups in total. The van der Waals surface area contributed by atoms with Crippen LogP contribution in [-0.2, 0) is 26.2 Å². The van der Waals surface area contributed by atoms with E-state index in [1.807, 2.05) is 20.8 Å². The number of rotatable bonds is 9. The van der Waals surface area contributed by atoms with E-state index in [1.165, 1.54) is 31.4 Å². The number of anilines is 1. The van der Waals surface area contributed by atoms with Crippen LogP contribution in [0.1, 0.15) is 56.2 Å². The predicted molar refractivity (Wildman–Crippen MR) is 166 cm³/mol. The standard InChI is InChI=1S/C33H35Cl2F2N3O3/c1-32(2,3)17-26-33(18-38,23-14-11-20(34)16-25(23)36)28(22-6-5-7-24(35)29(22)37)30(40-26)31(42)39-21-12-8-19(9-13-21)10-15-27(41)43-4/h5-9,11-14,16,18,26,28,30,38,40H,10,15,17H2,1-4H3,(H,39,42)/t26-,28-,30+,33-/m0/s1. The summed E-state index contributed by atoms with van der Waals surface area (Å²) in [6.07, 6.45) is 2.26. The summed E-state index contributed by atoms with van der Waals surface area (Å²) < 4.78 is 36.3. The van der Waals surface area contributed by atoms with Crippen LogP contribution in [0, 0.1) is 22.5 Å². The quantitative estimate of drug-likeness (QED) is 0.169. The molecule has 1 amide bonds. The lowest BCUT2D eigenvalue weighted by Crippen LogP contribution is -2.46. The van der Waals surface area contributed by atoms with Gasteiger partial charge in [-0.2, -0.15) is 0 Å². The Hall–Kier alpha value is -3.33. The minimum absolute atomic E-state index is 0.0903. The molecule has 0 aromatic heterocycles. The van der Waals surface area contributed by atoms with E-state index in [4.69, 9.17) is 33.3 Å². The average Bonchev–Trinajstić information content (AvgIpc) is 3.26. The molecule has 0 aliphatic carbocycles. The first-order valence-corrected chi connectivity index (χ1v) is 14.7. The lowest BCUT2D eigenvalue weighted by molar-refractivity contribution is -0.140. The van der Waals surface area contributed by atoms with Crippen LogP contribution in [0.2, 0.25) is 10.0 Å². The van der Waals surface area contributed by atoms with Gasteiger partial charge in [-0.15, -0.1) is 0 Å². The van der Waals surface area contributed by atoms with Gasteiger partial charge in [0.05, 0.1) is 23.6 Å². The number of hydrogen-bond donors (Lipinski definition) is 3. The molecule has 0 bridgehead atoms. The number of aryl methyl sites for hydroxylation is 1. The normalized spacial score (nSPS) is 21.8. The van der Waals surface area contributed by atoms with E-state index in [1.54, 1.807) is 30.3 Å². The number of benzene rings is 3. The van der Waals surface area contributed by atoms with E-state index in [0.717, 1.165) is 17.8 Å². The fourth-order valence-corrected chi connectivity index (χ4v) is 6.34. The molecule has 0 radical (unpaired) electrons. The Balaban J connectivity index is 1.81. The number of ether oxygens (including phenoxy) is 1. The topological polar surface area (TPSA) is 91.3 Å². The van der Waals surface area contributed by atoms with Crippen molar-refractivity contribution in [2.75, 3.05) is 12.4 Å². The van der Waals surface area contributed by atoms with Gasteiger partial charge < -0.3 is 20.8 Å². The van der Waals surface area contributed by atoms with Crippen molar-refractivity contribution < 1.29 is 23.1 Å². The molecule has 43 heavy (non-hydrogen) atoms. The maximum Gasteiger partial charge on any atom is 0.305 e. The first kappa shape index (κ1) is 32.6. The highest BCUT2D eigenvalue weighted by Gasteiger charge is 2.59. The smallest absolute Gasteiger partial charge is 0.305 e. The van der Waals surface area contributed by atoms with Crippen molar-refractivity contribution in [3.63, 3.8) is 0 Å². The number of halogens is 4. The molecule has 3 aromatic rings. The first-order valence-electron chi connectivity index (χ1n) is 13.9. The third kappa shape index (κ3) is 6.92. The molecule has 1 aliphatic heterocycles. The van der Waals surface area contributed by atoms with Crippen LogP contribution in [0.25, 0.3) is 0 Å². The molecular weight excluding hydrogens is 595 g/mol. The highest BCUT2D eigenvalue weighted by Crippen LogP contribution is 2.52. The van der Waals surface area contributed by atoms with Crippen LogP contribution in [-0.4, -0.2) is 37.3 Å². The summed E-state index contributed by atoms with van der Waals surface area (Å²) in [6.45, 7) is 6.02. The van der Waals surface area contributed by atoms with Crippen molar-refractivity contribution in [1.29, 1.82) is 5.41 Å². The molecule has 1 saturated heterocycles. The van der Waals surface area contributed by atoms with Gasteiger partial charge in [-0.3, -0.25) is 9.59 Å². The molecule has 1 aliphatic rings. The van der Waals surface area contributed by atoms with Crippen LogP contribution >= 0.6 is 23.2 Å². The Kier molecular flexibility index (Phi) is 9.94. The monoisotopic (exact) mass is 629 g/mol. The van der Waals surface area contributed by atoms with Gasteiger partial charge in [-0.05, 0) is 59.7 Å². The van der Waals surface area contributed by atoms with Crippen molar-refractivity contribution >= 4 is 47.0 Å². The van der Waals surface area contributed by atoms with Gasteiger partial charge in [0, 0.05) is 40.9 Å². The number of methoxy groups -OCH3 is 1. The van der Waals surface area contributed by atoms with Crippen molar-refractivity contribution in [2.24, 2.45) is 5.41 Å². The summed E-state index contributed by atoms with van der Waals surface area (Å²) in [5, 5.41) is 15.1. The Morgan fingerprint density at radius 2 is 1.79 bits per heavy atom. The molecule has 4 rings (SSSR count). The lowest BCUT2D eigenvalue weighted by atomic mass is 9.62. The maximum absolute atomic E-state index is 15.8. The zero-order chi connectivity index (χ0) is 31.5. The molecule has 10 heteroatoms. The van der Waals surface area contributed by atoms with Gasteiger partial charge in [0.25, 0.3) is 0 Å². The van der Waals surface area contributed by atoms with E-state index in [-0.39, 0.29) is 39.0 Å². The number of hydrogen-bond acceptors (Lipinski definition) is 5. The third-order valence-electron chi connectivity index (χ3n) is 7.92. The second-order valence-corrected chi connectivity index (χ2v) is 12.9. The van der Waals surface area contributed by atoms with E-state index < -0.39 is 41.0 Å². The minimum atomic E-state index is -1.48. The molecule has 6 nitrogen and oxygen atoms in total. The summed E-state index contributed by atoms with van der Waals surface area (Å²) in [5.74, 6) is -3.25. The number of esters is 1. The second kappa shape index (κ2) is 13.1. The zero-order valence-electron chi connectivity index (χ0n) is 24.4. The highest BCUT2D eigenvalue weighted by atomic mass is 35.5. The van der Waals surface area contributed by atoms with Gasteiger partial charge in [-0.25, -0.2) is 8.78 Å². The van der Waals surface area contributed by atoms with Crippen LogP contribution in [0.3, 0.4) is 0 Å². The van der Waals surface area contributed by atoms with Gasteiger partial charge in [-0.1, -0.05) is 74.3 Å². The molecule has 0 spiro atoms. The molecule has 1 fully saturated rings. The molecule has 4 atom stereocenters.